The van der Waals surface area contributed by atoms with Crippen molar-refractivity contribution in [2.24, 2.45) is 0 Å². The summed E-state index contributed by atoms with van der Waals surface area (Å²) in [5.41, 5.74) is 2.11. The first kappa shape index (κ1) is 17.2. The third-order valence-corrected chi connectivity index (χ3v) is 4.91. The lowest BCUT2D eigenvalue weighted by Gasteiger charge is -2.24. The van der Waals surface area contributed by atoms with Gasteiger partial charge in [0.2, 0.25) is 0 Å². The number of likely N-dealkylation sites (tertiary alicyclic amines) is 1. The Balaban J connectivity index is 1.68. The zero-order valence-electron chi connectivity index (χ0n) is 14.9. The Morgan fingerprint density at radius 2 is 2.12 bits per heavy atom. The van der Waals surface area contributed by atoms with Crippen molar-refractivity contribution in [3.05, 3.63) is 28.9 Å². The highest BCUT2D eigenvalue weighted by molar-refractivity contribution is 9.10. The minimum Gasteiger partial charge on any atom is -0.444 e. The van der Waals surface area contributed by atoms with Gasteiger partial charge < -0.3 is 9.64 Å². The molecule has 1 aliphatic rings. The molecule has 0 radical (unpaired) electrons. The van der Waals surface area contributed by atoms with Crippen molar-refractivity contribution < 1.29 is 9.53 Å². The van der Waals surface area contributed by atoms with Crippen LogP contribution >= 0.6 is 15.9 Å². The smallest absolute Gasteiger partial charge is 0.410 e. The van der Waals surface area contributed by atoms with Crippen molar-refractivity contribution in [1.82, 2.24) is 24.9 Å². The Kier molecular flexibility index (Phi) is 4.10. The molecule has 0 spiro atoms. The fourth-order valence-electron chi connectivity index (χ4n) is 3.28. The first-order chi connectivity index (χ1) is 12.3. The van der Waals surface area contributed by atoms with E-state index in [-0.39, 0.29) is 12.1 Å². The summed E-state index contributed by atoms with van der Waals surface area (Å²) in [4.78, 5) is 18.5. The van der Waals surface area contributed by atoms with Crippen molar-refractivity contribution in [3.8, 4) is 0 Å². The summed E-state index contributed by atoms with van der Waals surface area (Å²) in [6.07, 6.45) is 2.28. The van der Waals surface area contributed by atoms with Gasteiger partial charge in [0, 0.05) is 22.9 Å². The van der Waals surface area contributed by atoms with Gasteiger partial charge in [-0.05, 0) is 45.4 Å². The van der Waals surface area contributed by atoms with Crippen LogP contribution in [-0.4, -0.2) is 49.7 Å². The number of rotatable bonds is 1. The lowest BCUT2D eigenvalue weighted by Crippen LogP contribution is -2.35. The van der Waals surface area contributed by atoms with Gasteiger partial charge in [-0.1, -0.05) is 21.1 Å². The lowest BCUT2D eigenvalue weighted by atomic mass is 10.2. The number of benzene rings is 1. The fourth-order valence-corrected chi connectivity index (χ4v) is 3.65. The normalized spacial score (nSPS) is 18.0. The molecule has 0 aliphatic carbocycles. The van der Waals surface area contributed by atoms with E-state index < -0.39 is 5.60 Å². The molecule has 3 heterocycles. The van der Waals surface area contributed by atoms with Gasteiger partial charge in [0.1, 0.15) is 16.6 Å². The van der Waals surface area contributed by atoms with Crippen molar-refractivity contribution in [3.63, 3.8) is 0 Å². The first-order valence-corrected chi connectivity index (χ1v) is 9.38. The predicted octanol–water partition coefficient (Wildman–Crippen LogP) is 3.92. The van der Waals surface area contributed by atoms with Gasteiger partial charge in [-0.3, -0.25) is 4.98 Å². The zero-order valence-corrected chi connectivity index (χ0v) is 16.5. The summed E-state index contributed by atoms with van der Waals surface area (Å²) in [6, 6.07) is 6.04. The Morgan fingerprint density at radius 1 is 1.31 bits per heavy atom. The summed E-state index contributed by atoms with van der Waals surface area (Å²) in [6.45, 7) is 6.83. The Labute approximate surface area is 159 Å². The molecule has 1 atom stereocenters. The quantitative estimate of drug-likeness (QED) is 0.599. The largest absolute Gasteiger partial charge is 0.444 e. The van der Waals surface area contributed by atoms with Gasteiger partial charge in [0.15, 0.2) is 0 Å². The average Bonchev–Trinajstić information content (AvgIpc) is 3.19. The molecule has 0 unspecified atom stereocenters. The van der Waals surface area contributed by atoms with E-state index in [0.29, 0.717) is 13.1 Å². The second-order valence-electron chi connectivity index (χ2n) is 7.56. The van der Waals surface area contributed by atoms with Crippen LogP contribution in [0.15, 0.2) is 28.9 Å². The highest BCUT2D eigenvalue weighted by atomic mass is 79.9. The molecule has 1 aliphatic heterocycles. The van der Waals surface area contributed by atoms with Crippen molar-refractivity contribution >= 4 is 44.0 Å². The van der Waals surface area contributed by atoms with Crippen LogP contribution in [0.2, 0.25) is 0 Å². The molecule has 7 nitrogen and oxygen atoms in total. The van der Waals surface area contributed by atoms with Crippen LogP contribution in [0.1, 0.15) is 33.2 Å². The van der Waals surface area contributed by atoms with Gasteiger partial charge in [-0.15, -0.1) is 5.10 Å². The molecule has 136 valence electrons. The molecule has 2 aromatic heterocycles. The topological polar surface area (TPSA) is 73.1 Å². The number of hydrogen-bond acceptors (Lipinski definition) is 5. The average molecular weight is 418 g/mol. The highest BCUT2D eigenvalue weighted by Gasteiger charge is 2.32. The molecule has 3 aromatic rings. The van der Waals surface area contributed by atoms with E-state index in [1.807, 2.05) is 43.7 Å². The molecule has 1 amide bonds. The Hall–Kier alpha value is -2.22. The second kappa shape index (κ2) is 6.19. The molecule has 0 saturated carbocycles. The number of halogens is 1. The van der Waals surface area contributed by atoms with Gasteiger partial charge in [0.05, 0.1) is 17.8 Å². The molecule has 1 saturated heterocycles. The number of fused-ring (bicyclic) bond motifs is 3. The van der Waals surface area contributed by atoms with E-state index in [4.69, 9.17) is 4.74 Å². The van der Waals surface area contributed by atoms with Crippen LogP contribution in [0.25, 0.3) is 21.9 Å². The summed E-state index contributed by atoms with van der Waals surface area (Å²) in [5.74, 6) is 0. The number of ether oxygens (including phenoxy) is 1. The van der Waals surface area contributed by atoms with Gasteiger partial charge in [-0.2, -0.15) is 0 Å². The monoisotopic (exact) mass is 417 g/mol. The van der Waals surface area contributed by atoms with E-state index in [1.54, 1.807) is 11.1 Å². The molecule has 8 heteroatoms. The molecule has 0 bridgehead atoms. The number of nitrogens with zero attached hydrogens (tertiary/aromatic N) is 5. The van der Waals surface area contributed by atoms with E-state index >= 15 is 0 Å². The number of carbonyl (C=O) groups excluding carboxylic acids is 1. The molecule has 26 heavy (non-hydrogen) atoms. The van der Waals surface area contributed by atoms with E-state index in [2.05, 4.69) is 31.2 Å². The van der Waals surface area contributed by atoms with Crippen LogP contribution < -0.4 is 0 Å². The van der Waals surface area contributed by atoms with Crippen LogP contribution in [0.3, 0.4) is 0 Å². The molecule has 1 fully saturated rings. The van der Waals surface area contributed by atoms with Gasteiger partial charge in [0.25, 0.3) is 0 Å². The molecular formula is C18H20BrN5O2. The van der Waals surface area contributed by atoms with Crippen molar-refractivity contribution in [1.29, 1.82) is 0 Å². The zero-order chi connectivity index (χ0) is 18.5. The molecular weight excluding hydrogens is 398 g/mol. The minimum absolute atomic E-state index is 0.0668. The third kappa shape index (κ3) is 3.13. The van der Waals surface area contributed by atoms with Crippen LogP contribution in [0.4, 0.5) is 4.79 Å². The maximum atomic E-state index is 12.3. The van der Waals surface area contributed by atoms with E-state index in [1.165, 1.54) is 0 Å². The standard InChI is InChI=1S/C18H20BrN5O2/c1-18(2,3)26-17(25)23-7-6-12(10-23)24-16-13-8-11(19)4-5-14(13)20-9-15(16)21-22-24/h4-5,8-9,12H,6-7,10H2,1-3H3/t12-/m0/s1. The second-order valence-corrected chi connectivity index (χ2v) is 8.47. The highest BCUT2D eigenvalue weighted by Crippen LogP contribution is 2.30. The molecule has 4 rings (SSSR count). The maximum absolute atomic E-state index is 12.3. The number of carbonyl (C=O) groups is 1. The van der Waals surface area contributed by atoms with Gasteiger partial charge in [-0.25, -0.2) is 9.48 Å². The van der Waals surface area contributed by atoms with Crippen LogP contribution in [0, 0.1) is 0 Å². The summed E-state index contributed by atoms with van der Waals surface area (Å²) in [5, 5.41) is 9.63. The van der Waals surface area contributed by atoms with Crippen molar-refractivity contribution in [2.75, 3.05) is 13.1 Å². The number of hydrogen-bond donors (Lipinski definition) is 0. The fraction of sp³-hybridized carbons (Fsp3) is 0.444. The third-order valence-electron chi connectivity index (χ3n) is 4.42. The minimum atomic E-state index is -0.497. The molecule has 1 aromatic carbocycles. The van der Waals surface area contributed by atoms with Crippen LogP contribution in [-0.2, 0) is 4.74 Å². The Morgan fingerprint density at radius 3 is 2.88 bits per heavy atom. The Bertz CT molecular complexity index is 994. The summed E-state index contributed by atoms with van der Waals surface area (Å²) >= 11 is 3.52. The summed E-state index contributed by atoms with van der Waals surface area (Å²) < 4.78 is 8.39. The number of amides is 1. The predicted molar refractivity (Wildman–Crippen MR) is 102 cm³/mol. The van der Waals surface area contributed by atoms with E-state index in [9.17, 15) is 4.79 Å². The number of pyridine rings is 1. The van der Waals surface area contributed by atoms with E-state index in [0.717, 1.165) is 32.8 Å². The molecule has 0 N–H and O–H groups in total. The number of aromatic nitrogens is 4. The summed E-state index contributed by atoms with van der Waals surface area (Å²) in [7, 11) is 0. The van der Waals surface area contributed by atoms with Crippen molar-refractivity contribution in [2.45, 2.75) is 38.8 Å². The van der Waals surface area contributed by atoms with Crippen LogP contribution in [0.5, 0.6) is 0 Å². The maximum Gasteiger partial charge on any atom is 0.410 e. The lowest BCUT2D eigenvalue weighted by molar-refractivity contribution is 0.0288. The SMILES string of the molecule is CC(C)(C)OC(=O)N1CC[C@H](n2nnc3cnc4ccc(Br)cc4c32)C1. The van der Waals surface area contributed by atoms with Gasteiger partial charge >= 0.3 is 6.09 Å². The first-order valence-electron chi connectivity index (χ1n) is 8.59.